The third kappa shape index (κ3) is 7.77. The minimum Gasteiger partial charge on any atom is -0.447 e. The molecule has 4 heteroatoms. The van der Waals surface area contributed by atoms with Crippen LogP contribution in [0.4, 0.5) is 0 Å². The lowest BCUT2D eigenvalue weighted by Crippen LogP contribution is -2.23. The Labute approximate surface area is 122 Å². The van der Waals surface area contributed by atoms with Crippen LogP contribution in [0.2, 0.25) is 19.6 Å². The maximum Gasteiger partial charge on any atom is 0.303 e. The maximum atomic E-state index is 11.1. The third-order valence-electron chi connectivity index (χ3n) is 2.30. The van der Waals surface area contributed by atoms with Gasteiger partial charge in [-0.2, -0.15) is 0 Å². The van der Waals surface area contributed by atoms with Crippen molar-refractivity contribution in [1.82, 2.24) is 0 Å². The molecule has 0 saturated carbocycles. The highest BCUT2D eigenvalue weighted by molar-refractivity contribution is 6.83. The molecule has 0 saturated heterocycles. The zero-order valence-corrected chi connectivity index (χ0v) is 13.6. The standard InChI is InChI=1S/C16H22O3Si/c1-14(17)19-16(10-11-20(2,3)4)13-18-12-15-8-6-5-7-9-15/h5-9,16H,12-13H2,1-4H3. The molecular formula is C16H22O3Si. The van der Waals surface area contributed by atoms with Gasteiger partial charge < -0.3 is 9.47 Å². The lowest BCUT2D eigenvalue weighted by molar-refractivity contribution is -0.146. The average molecular weight is 290 g/mol. The fourth-order valence-electron chi connectivity index (χ4n) is 1.46. The summed E-state index contributed by atoms with van der Waals surface area (Å²) in [5.74, 6) is 2.69. The van der Waals surface area contributed by atoms with Crippen molar-refractivity contribution >= 4 is 14.0 Å². The van der Waals surface area contributed by atoms with Gasteiger partial charge in [0, 0.05) is 6.92 Å². The molecule has 0 aliphatic carbocycles. The van der Waals surface area contributed by atoms with E-state index in [0.717, 1.165) is 5.56 Å². The largest absolute Gasteiger partial charge is 0.447 e. The summed E-state index contributed by atoms with van der Waals surface area (Å²) in [5.41, 5.74) is 4.30. The lowest BCUT2D eigenvalue weighted by atomic mass is 10.2. The summed E-state index contributed by atoms with van der Waals surface area (Å²) >= 11 is 0. The summed E-state index contributed by atoms with van der Waals surface area (Å²) in [6, 6.07) is 9.88. The molecule has 1 aromatic carbocycles. The molecule has 0 heterocycles. The molecule has 0 aliphatic heterocycles. The molecule has 0 N–H and O–H groups in total. The van der Waals surface area contributed by atoms with Gasteiger partial charge in [0.1, 0.15) is 8.07 Å². The number of hydrogen-bond acceptors (Lipinski definition) is 3. The topological polar surface area (TPSA) is 35.5 Å². The van der Waals surface area contributed by atoms with Crippen molar-refractivity contribution in [3.63, 3.8) is 0 Å². The van der Waals surface area contributed by atoms with Gasteiger partial charge in [0.25, 0.3) is 0 Å². The fraction of sp³-hybridized carbons (Fsp3) is 0.438. The minimum absolute atomic E-state index is 0.298. The molecular weight excluding hydrogens is 268 g/mol. The Morgan fingerprint density at radius 2 is 1.90 bits per heavy atom. The summed E-state index contributed by atoms with van der Waals surface area (Å²) in [6.07, 6.45) is -0.483. The SMILES string of the molecule is CC(=O)OC(C#C[Si](C)(C)C)COCc1ccccc1. The molecule has 0 aromatic heterocycles. The normalized spacial score (nSPS) is 12.2. The van der Waals surface area contributed by atoms with Gasteiger partial charge in [0.15, 0.2) is 6.10 Å². The number of ether oxygens (including phenoxy) is 2. The quantitative estimate of drug-likeness (QED) is 0.475. The molecule has 0 fully saturated rings. The highest BCUT2D eigenvalue weighted by Gasteiger charge is 2.12. The van der Waals surface area contributed by atoms with Crippen molar-refractivity contribution in [2.24, 2.45) is 0 Å². The molecule has 108 valence electrons. The molecule has 0 radical (unpaired) electrons. The highest BCUT2D eigenvalue weighted by atomic mass is 28.3. The van der Waals surface area contributed by atoms with E-state index in [1.54, 1.807) is 0 Å². The van der Waals surface area contributed by atoms with Crippen LogP contribution in [-0.2, 0) is 20.9 Å². The second-order valence-corrected chi connectivity index (χ2v) is 10.4. The summed E-state index contributed by atoms with van der Waals surface area (Å²) in [6.45, 7) is 8.63. The maximum absolute atomic E-state index is 11.1. The van der Waals surface area contributed by atoms with Gasteiger partial charge in [-0.15, -0.1) is 5.54 Å². The van der Waals surface area contributed by atoms with Crippen LogP contribution in [0.5, 0.6) is 0 Å². The Balaban J connectivity index is 2.52. The third-order valence-corrected chi connectivity index (χ3v) is 3.19. The molecule has 0 bridgehead atoms. The van der Waals surface area contributed by atoms with Crippen LogP contribution in [0.3, 0.4) is 0 Å². The zero-order valence-electron chi connectivity index (χ0n) is 12.6. The van der Waals surface area contributed by atoms with E-state index in [4.69, 9.17) is 9.47 Å². The number of rotatable bonds is 5. The summed E-state index contributed by atoms with van der Waals surface area (Å²) < 4.78 is 10.8. The van der Waals surface area contributed by atoms with Crippen LogP contribution in [-0.4, -0.2) is 26.8 Å². The number of benzene rings is 1. The lowest BCUT2D eigenvalue weighted by Gasteiger charge is -2.13. The van der Waals surface area contributed by atoms with Gasteiger partial charge in [-0.1, -0.05) is 55.9 Å². The van der Waals surface area contributed by atoms with Gasteiger partial charge in [-0.25, -0.2) is 0 Å². The number of carbonyl (C=O) groups excluding carboxylic acids is 1. The van der Waals surface area contributed by atoms with Gasteiger partial charge in [0.05, 0.1) is 13.2 Å². The van der Waals surface area contributed by atoms with E-state index < -0.39 is 14.2 Å². The van der Waals surface area contributed by atoms with Gasteiger partial charge in [-0.3, -0.25) is 4.79 Å². The highest BCUT2D eigenvalue weighted by Crippen LogP contribution is 2.03. The molecule has 1 aromatic rings. The Kier molecular flexibility index (Phi) is 6.49. The van der Waals surface area contributed by atoms with Crippen molar-refractivity contribution < 1.29 is 14.3 Å². The van der Waals surface area contributed by atoms with Gasteiger partial charge in [-0.05, 0) is 5.56 Å². The van der Waals surface area contributed by atoms with E-state index >= 15 is 0 Å². The van der Waals surface area contributed by atoms with E-state index in [2.05, 4.69) is 31.1 Å². The first-order valence-corrected chi connectivity index (χ1v) is 10.2. The molecule has 1 unspecified atom stereocenters. The fourth-order valence-corrected chi connectivity index (χ4v) is 2.05. The van der Waals surface area contributed by atoms with Gasteiger partial charge >= 0.3 is 5.97 Å². The Morgan fingerprint density at radius 1 is 1.25 bits per heavy atom. The molecule has 0 spiro atoms. The van der Waals surface area contributed by atoms with Crippen molar-refractivity contribution in [3.05, 3.63) is 35.9 Å². The molecule has 1 rings (SSSR count). The minimum atomic E-state index is -1.48. The van der Waals surface area contributed by atoms with E-state index in [1.807, 2.05) is 30.3 Å². The van der Waals surface area contributed by atoms with E-state index in [1.165, 1.54) is 6.92 Å². The van der Waals surface area contributed by atoms with E-state index in [9.17, 15) is 4.79 Å². The molecule has 1 atom stereocenters. The second-order valence-electron chi connectivity index (χ2n) is 5.62. The molecule has 20 heavy (non-hydrogen) atoms. The van der Waals surface area contributed by atoms with Crippen LogP contribution >= 0.6 is 0 Å². The average Bonchev–Trinajstić information content (AvgIpc) is 2.35. The van der Waals surface area contributed by atoms with E-state index in [-0.39, 0.29) is 5.97 Å². The molecule has 0 amide bonds. The Hall–Kier alpha value is -1.57. The summed E-state index contributed by atoms with van der Waals surface area (Å²) in [4.78, 5) is 11.1. The van der Waals surface area contributed by atoms with Crippen LogP contribution < -0.4 is 0 Å². The molecule has 3 nitrogen and oxygen atoms in total. The number of hydrogen-bond donors (Lipinski definition) is 0. The Bertz CT molecular complexity index is 480. The van der Waals surface area contributed by atoms with Crippen molar-refractivity contribution in [1.29, 1.82) is 0 Å². The van der Waals surface area contributed by atoms with Crippen LogP contribution in [0.15, 0.2) is 30.3 Å². The second kappa shape index (κ2) is 7.88. The van der Waals surface area contributed by atoms with Gasteiger partial charge in [0.2, 0.25) is 0 Å². The van der Waals surface area contributed by atoms with Crippen molar-refractivity contribution in [2.75, 3.05) is 6.61 Å². The Morgan fingerprint density at radius 3 is 2.45 bits per heavy atom. The molecule has 0 aliphatic rings. The monoisotopic (exact) mass is 290 g/mol. The van der Waals surface area contributed by atoms with Crippen LogP contribution in [0, 0.1) is 11.5 Å². The first-order chi connectivity index (χ1) is 9.37. The van der Waals surface area contributed by atoms with Crippen LogP contribution in [0.1, 0.15) is 12.5 Å². The van der Waals surface area contributed by atoms with Crippen molar-refractivity contribution in [2.45, 2.75) is 39.3 Å². The summed E-state index contributed by atoms with van der Waals surface area (Å²) in [7, 11) is -1.48. The van der Waals surface area contributed by atoms with Crippen molar-refractivity contribution in [3.8, 4) is 11.5 Å². The number of esters is 1. The van der Waals surface area contributed by atoms with Crippen LogP contribution in [0.25, 0.3) is 0 Å². The number of carbonyl (C=O) groups is 1. The summed E-state index contributed by atoms with van der Waals surface area (Å²) in [5, 5.41) is 0. The predicted octanol–water partition coefficient (Wildman–Crippen LogP) is 3.02. The van der Waals surface area contributed by atoms with E-state index in [0.29, 0.717) is 13.2 Å². The predicted molar refractivity (Wildman–Crippen MR) is 82.8 cm³/mol. The smallest absolute Gasteiger partial charge is 0.303 e. The zero-order chi connectivity index (χ0) is 15.0. The first-order valence-electron chi connectivity index (χ1n) is 6.68. The first kappa shape index (κ1) is 16.5.